The van der Waals surface area contributed by atoms with Crippen LogP contribution >= 0.6 is 0 Å². The molecular weight excluding hydrogens is 300 g/mol. The largest absolute Gasteiger partial charge is 0.501 e. The van der Waals surface area contributed by atoms with E-state index in [1.807, 2.05) is 11.8 Å². The molecule has 1 saturated heterocycles. The fourth-order valence-corrected chi connectivity index (χ4v) is 3.26. The van der Waals surface area contributed by atoms with E-state index in [0.29, 0.717) is 12.6 Å². The van der Waals surface area contributed by atoms with E-state index in [1.54, 1.807) is 0 Å². The molecule has 0 bridgehead atoms. The maximum atomic E-state index is 12.3. The summed E-state index contributed by atoms with van der Waals surface area (Å²) in [5.74, 6) is 0.0479. The van der Waals surface area contributed by atoms with Gasteiger partial charge in [-0.05, 0) is 45.7 Å². The molecule has 4 heteroatoms. The lowest BCUT2D eigenvalue weighted by Crippen LogP contribution is -2.58. The molecule has 2 rings (SSSR count). The SMILES string of the molecule is CCO/C=C/C(=O)N1CCN(CCCc2ccccc2)[C@@H](C)[C@@H]1C. The highest BCUT2D eigenvalue weighted by atomic mass is 16.5. The number of carbonyl (C=O) groups is 1. The highest BCUT2D eigenvalue weighted by molar-refractivity contribution is 5.87. The van der Waals surface area contributed by atoms with Crippen LogP contribution in [0.4, 0.5) is 0 Å². The van der Waals surface area contributed by atoms with Gasteiger partial charge in [0.1, 0.15) is 0 Å². The highest BCUT2D eigenvalue weighted by Gasteiger charge is 2.32. The van der Waals surface area contributed by atoms with Crippen molar-refractivity contribution >= 4 is 5.91 Å². The van der Waals surface area contributed by atoms with Crippen molar-refractivity contribution in [2.24, 2.45) is 0 Å². The number of hydrogen-bond acceptors (Lipinski definition) is 3. The molecule has 1 aromatic carbocycles. The van der Waals surface area contributed by atoms with Gasteiger partial charge in [-0.3, -0.25) is 9.69 Å². The Morgan fingerprint density at radius 1 is 1.21 bits per heavy atom. The zero-order chi connectivity index (χ0) is 17.4. The fraction of sp³-hybridized carbons (Fsp3) is 0.550. The summed E-state index contributed by atoms with van der Waals surface area (Å²) in [4.78, 5) is 16.7. The number of nitrogens with zero attached hydrogens (tertiary/aromatic N) is 2. The van der Waals surface area contributed by atoms with Crippen molar-refractivity contribution in [3.8, 4) is 0 Å². The minimum Gasteiger partial charge on any atom is -0.501 e. The molecule has 0 unspecified atom stereocenters. The average molecular weight is 330 g/mol. The van der Waals surface area contributed by atoms with Crippen molar-refractivity contribution in [3.63, 3.8) is 0 Å². The second kappa shape index (κ2) is 9.48. The predicted molar refractivity (Wildman–Crippen MR) is 97.7 cm³/mol. The second-order valence-corrected chi connectivity index (χ2v) is 6.40. The number of amides is 1. The van der Waals surface area contributed by atoms with Crippen LogP contribution in [0.3, 0.4) is 0 Å². The van der Waals surface area contributed by atoms with Crippen LogP contribution in [0.15, 0.2) is 42.7 Å². The van der Waals surface area contributed by atoms with Gasteiger partial charge in [0.25, 0.3) is 0 Å². The van der Waals surface area contributed by atoms with E-state index in [-0.39, 0.29) is 11.9 Å². The summed E-state index contributed by atoms with van der Waals surface area (Å²) in [5, 5.41) is 0. The Balaban J connectivity index is 1.81. The first-order valence-electron chi connectivity index (χ1n) is 9.00. The molecule has 1 amide bonds. The zero-order valence-electron chi connectivity index (χ0n) is 15.1. The molecule has 1 fully saturated rings. The average Bonchev–Trinajstić information content (AvgIpc) is 2.60. The van der Waals surface area contributed by atoms with Gasteiger partial charge in [0.05, 0.1) is 12.9 Å². The maximum Gasteiger partial charge on any atom is 0.249 e. The molecule has 2 atom stereocenters. The van der Waals surface area contributed by atoms with Crippen LogP contribution in [0.2, 0.25) is 0 Å². The van der Waals surface area contributed by atoms with Crippen LogP contribution in [0, 0.1) is 0 Å². The van der Waals surface area contributed by atoms with E-state index in [0.717, 1.165) is 32.5 Å². The van der Waals surface area contributed by atoms with Gasteiger partial charge in [0, 0.05) is 31.2 Å². The molecule has 0 spiro atoms. The van der Waals surface area contributed by atoms with Gasteiger partial charge in [-0.25, -0.2) is 0 Å². The van der Waals surface area contributed by atoms with E-state index in [2.05, 4.69) is 49.1 Å². The third-order valence-corrected chi connectivity index (χ3v) is 4.90. The van der Waals surface area contributed by atoms with Crippen LogP contribution in [0.25, 0.3) is 0 Å². The Bertz CT molecular complexity index is 530. The number of piperazine rings is 1. The van der Waals surface area contributed by atoms with Gasteiger partial charge in [-0.15, -0.1) is 0 Å². The Morgan fingerprint density at radius 3 is 2.67 bits per heavy atom. The van der Waals surface area contributed by atoms with Crippen molar-refractivity contribution in [1.29, 1.82) is 0 Å². The molecule has 0 aromatic heterocycles. The first-order valence-corrected chi connectivity index (χ1v) is 9.00. The lowest BCUT2D eigenvalue weighted by Gasteiger charge is -2.44. The van der Waals surface area contributed by atoms with Crippen molar-refractivity contribution in [2.45, 2.75) is 45.7 Å². The molecule has 24 heavy (non-hydrogen) atoms. The topological polar surface area (TPSA) is 32.8 Å². The van der Waals surface area contributed by atoms with Gasteiger partial charge in [-0.2, -0.15) is 0 Å². The molecule has 132 valence electrons. The van der Waals surface area contributed by atoms with Gasteiger partial charge < -0.3 is 9.64 Å². The smallest absolute Gasteiger partial charge is 0.249 e. The van der Waals surface area contributed by atoms with Crippen molar-refractivity contribution in [2.75, 3.05) is 26.2 Å². The monoisotopic (exact) mass is 330 g/mol. The summed E-state index contributed by atoms with van der Waals surface area (Å²) in [7, 11) is 0. The number of carbonyl (C=O) groups excluding carboxylic acids is 1. The maximum absolute atomic E-state index is 12.3. The fourth-order valence-electron chi connectivity index (χ4n) is 3.26. The number of aryl methyl sites for hydroxylation is 1. The Morgan fingerprint density at radius 2 is 1.96 bits per heavy atom. The van der Waals surface area contributed by atoms with Crippen LogP contribution in [-0.2, 0) is 16.0 Å². The lowest BCUT2D eigenvalue weighted by molar-refractivity contribution is -0.132. The Kier molecular flexibility index (Phi) is 7.32. The molecule has 1 aliphatic heterocycles. The van der Waals surface area contributed by atoms with Gasteiger partial charge >= 0.3 is 0 Å². The Labute approximate surface area is 146 Å². The van der Waals surface area contributed by atoms with Crippen LogP contribution in [0.1, 0.15) is 32.8 Å². The highest BCUT2D eigenvalue weighted by Crippen LogP contribution is 2.18. The minimum atomic E-state index is 0.0479. The minimum absolute atomic E-state index is 0.0479. The van der Waals surface area contributed by atoms with E-state index in [4.69, 9.17) is 4.74 Å². The molecule has 0 aliphatic carbocycles. The third kappa shape index (κ3) is 5.10. The standard InChI is InChI=1S/C20H30N2O2/c1-4-24-16-12-20(23)22-15-14-21(17(2)18(22)3)13-8-11-19-9-6-5-7-10-19/h5-7,9-10,12,16-18H,4,8,11,13-15H2,1-3H3/b16-12+/t17-,18-/m0/s1. The van der Waals surface area contributed by atoms with Crippen LogP contribution in [0.5, 0.6) is 0 Å². The number of hydrogen-bond donors (Lipinski definition) is 0. The third-order valence-electron chi connectivity index (χ3n) is 4.90. The second-order valence-electron chi connectivity index (χ2n) is 6.40. The molecular formula is C20H30N2O2. The van der Waals surface area contributed by atoms with Crippen molar-refractivity contribution in [3.05, 3.63) is 48.2 Å². The van der Waals surface area contributed by atoms with E-state index in [1.165, 1.54) is 17.9 Å². The van der Waals surface area contributed by atoms with Gasteiger partial charge in [0.15, 0.2) is 0 Å². The summed E-state index contributed by atoms with van der Waals surface area (Å²) in [6, 6.07) is 11.2. The van der Waals surface area contributed by atoms with Gasteiger partial charge in [0.2, 0.25) is 5.91 Å². The number of ether oxygens (including phenoxy) is 1. The first-order chi connectivity index (χ1) is 11.6. The van der Waals surface area contributed by atoms with E-state index < -0.39 is 0 Å². The molecule has 1 heterocycles. The Hall–Kier alpha value is -1.81. The quantitative estimate of drug-likeness (QED) is 0.569. The van der Waals surface area contributed by atoms with E-state index in [9.17, 15) is 4.79 Å². The number of benzene rings is 1. The molecule has 1 aliphatic rings. The first kappa shape index (κ1) is 18.5. The lowest BCUT2D eigenvalue weighted by atomic mass is 10.0. The number of rotatable bonds is 7. The summed E-state index contributed by atoms with van der Waals surface area (Å²) in [6.07, 6.45) is 5.31. The molecule has 4 nitrogen and oxygen atoms in total. The normalized spacial score (nSPS) is 22.0. The van der Waals surface area contributed by atoms with E-state index >= 15 is 0 Å². The molecule has 0 saturated carbocycles. The summed E-state index contributed by atoms with van der Waals surface area (Å²) >= 11 is 0. The molecule has 0 N–H and O–H groups in total. The molecule has 0 radical (unpaired) electrons. The predicted octanol–water partition coefficient (Wildman–Crippen LogP) is 3.09. The van der Waals surface area contributed by atoms with Crippen LogP contribution in [-0.4, -0.2) is 54.0 Å². The summed E-state index contributed by atoms with van der Waals surface area (Å²) in [5.41, 5.74) is 1.40. The van der Waals surface area contributed by atoms with Crippen LogP contribution < -0.4 is 0 Å². The van der Waals surface area contributed by atoms with Crippen molar-refractivity contribution < 1.29 is 9.53 Å². The summed E-state index contributed by atoms with van der Waals surface area (Å²) < 4.78 is 5.13. The zero-order valence-corrected chi connectivity index (χ0v) is 15.1. The summed E-state index contributed by atoms with van der Waals surface area (Å²) in [6.45, 7) is 9.66. The van der Waals surface area contributed by atoms with Crippen molar-refractivity contribution in [1.82, 2.24) is 9.80 Å². The van der Waals surface area contributed by atoms with Gasteiger partial charge in [-0.1, -0.05) is 30.3 Å². The molecule has 1 aromatic rings.